The maximum atomic E-state index is 13.4. The zero-order valence-corrected chi connectivity index (χ0v) is 23.1. The summed E-state index contributed by atoms with van der Waals surface area (Å²) in [5, 5.41) is 11.9. The highest BCUT2D eigenvalue weighted by Gasteiger charge is 2.25. The van der Waals surface area contributed by atoms with E-state index in [1.54, 1.807) is 56.3 Å². The number of carbonyl (C=O) groups is 2. The van der Waals surface area contributed by atoms with Gasteiger partial charge in [-0.15, -0.1) is 0 Å². The number of sulfonamides is 1. The van der Waals surface area contributed by atoms with Crippen molar-refractivity contribution < 1.29 is 23.1 Å². The number of hydrogen-bond donors (Lipinski definition) is 3. The molecule has 0 spiro atoms. The largest absolute Gasteiger partial charge is 0.480 e. The van der Waals surface area contributed by atoms with Crippen LogP contribution in [-0.4, -0.2) is 31.4 Å². The molecule has 0 bridgehead atoms. The summed E-state index contributed by atoms with van der Waals surface area (Å²) >= 11 is 0. The van der Waals surface area contributed by atoms with Crippen LogP contribution in [0.4, 0.5) is 5.69 Å². The van der Waals surface area contributed by atoms with Crippen molar-refractivity contribution in [2.24, 2.45) is 5.92 Å². The van der Waals surface area contributed by atoms with E-state index in [9.17, 15) is 23.1 Å². The lowest BCUT2D eigenvalue weighted by molar-refractivity contribution is -0.140. The van der Waals surface area contributed by atoms with Crippen LogP contribution in [0.1, 0.15) is 52.0 Å². The topological polar surface area (TPSA) is 113 Å². The van der Waals surface area contributed by atoms with Gasteiger partial charge in [0.2, 0.25) is 0 Å². The number of aliphatic carboxylic acids is 1. The Bertz CT molecular complexity index is 1430. The molecule has 8 heteroatoms. The van der Waals surface area contributed by atoms with Gasteiger partial charge in [0.15, 0.2) is 0 Å². The van der Waals surface area contributed by atoms with Crippen molar-refractivity contribution >= 4 is 27.6 Å². The molecule has 0 aromatic heterocycles. The van der Waals surface area contributed by atoms with Crippen molar-refractivity contribution in [2.45, 2.75) is 59.4 Å². The van der Waals surface area contributed by atoms with Gasteiger partial charge in [-0.1, -0.05) is 38.1 Å². The van der Waals surface area contributed by atoms with Gasteiger partial charge in [-0.2, -0.15) is 0 Å². The first-order chi connectivity index (χ1) is 17.2. The highest BCUT2D eigenvalue weighted by Crippen LogP contribution is 2.31. The molecule has 1 atom stereocenters. The van der Waals surface area contributed by atoms with Gasteiger partial charge in [-0.3, -0.25) is 9.52 Å². The standard InChI is InChI=1S/C29H34N2O5S/c1-16(2)26(29(33)34)30-28(32)23-13-11-22(12-14-23)24-9-8-10-25(15-24)31-37(35,36)27-20(6)18(4)17(3)19(5)21(27)7/h8-16,26,31H,1-7H3,(H,30,32)(H,33,34)/t26-/m0/s1. The van der Waals surface area contributed by atoms with Gasteiger partial charge in [0.1, 0.15) is 6.04 Å². The van der Waals surface area contributed by atoms with Crippen LogP contribution in [0.25, 0.3) is 11.1 Å². The fourth-order valence-electron chi connectivity index (χ4n) is 4.39. The predicted molar refractivity (Wildman–Crippen MR) is 147 cm³/mol. The van der Waals surface area contributed by atoms with E-state index in [-0.39, 0.29) is 5.92 Å². The van der Waals surface area contributed by atoms with E-state index in [1.165, 1.54) is 0 Å². The van der Waals surface area contributed by atoms with E-state index >= 15 is 0 Å². The molecule has 7 nitrogen and oxygen atoms in total. The Morgan fingerprint density at radius 3 is 1.84 bits per heavy atom. The molecule has 0 radical (unpaired) electrons. The Morgan fingerprint density at radius 1 is 0.784 bits per heavy atom. The van der Waals surface area contributed by atoms with Crippen LogP contribution >= 0.6 is 0 Å². The zero-order valence-electron chi connectivity index (χ0n) is 22.3. The number of nitrogens with one attached hydrogen (secondary N) is 2. The summed E-state index contributed by atoms with van der Waals surface area (Å²) in [7, 11) is -3.83. The van der Waals surface area contributed by atoms with Gasteiger partial charge in [0.05, 0.1) is 4.90 Å². The SMILES string of the molecule is Cc1c(C)c(C)c(S(=O)(=O)Nc2cccc(-c3ccc(C(=O)N[C@H](C(=O)O)C(C)C)cc3)c2)c(C)c1C. The second-order valence-corrected chi connectivity index (χ2v) is 11.4. The van der Waals surface area contributed by atoms with Gasteiger partial charge in [-0.05, 0) is 104 Å². The van der Waals surface area contributed by atoms with Crippen molar-refractivity contribution in [3.63, 3.8) is 0 Å². The molecule has 3 aromatic rings. The second kappa shape index (κ2) is 10.8. The van der Waals surface area contributed by atoms with Crippen LogP contribution in [0.2, 0.25) is 0 Å². The smallest absolute Gasteiger partial charge is 0.326 e. The molecule has 3 aromatic carbocycles. The second-order valence-electron chi connectivity index (χ2n) is 9.75. The third-order valence-corrected chi connectivity index (χ3v) is 8.67. The van der Waals surface area contributed by atoms with Gasteiger partial charge in [0, 0.05) is 11.3 Å². The average Bonchev–Trinajstić information content (AvgIpc) is 2.84. The Kier molecular flexibility index (Phi) is 8.12. The fraction of sp³-hybridized carbons (Fsp3) is 0.310. The van der Waals surface area contributed by atoms with Crippen molar-refractivity contribution in [3.05, 3.63) is 81.9 Å². The molecule has 3 rings (SSSR count). The minimum Gasteiger partial charge on any atom is -0.480 e. The lowest BCUT2D eigenvalue weighted by Crippen LogP contribution is -2.44. The maximum Gasteiger partial charge on any atom is 0.326 e. The number of carboxylic acid groups (broad SMARTS) is 1. The summed E-state index contributed by atoms with van der Waals surface area (Å²) in [6.45, 7) is 13.0. The van der Waals surface area contributed by atoms with Crippen LogP contribution in [0, 0.1) is 40.5 Å². The van der Waals surface area contributed by atoms with Crippen LogP contribution in [-0.2, 0) is 14.8 Å². The van der Waals surface area contributed by atoms with E-state index in [1.807, 2.05) is 40.7 Å². The molecule has 37 heavy (non-hydrogen) atoms. The van der Waals surface area contributed by atoms with Gasteiger partial charge >= 0.3 is 5.97 Å². The molecule has 0 aliphatic carbocycles. The maximum absolute atomic E-state index is 13.4. The molecular weight excluding hydrogens is 488 g/mol. The number of amides is 1. The van der Waals surface area contributed by atoms with Crippen molar-refractivity contribution in [1.82, 2.24) is 5.32 Å². The number of rotatable bonds is 8. The molecule has 0 aliphatic rings. The van der Waals surface area contributed by atoms with E-state index < -0.39 is 27.9 Å². The highest BCUT2D eigenvalue weighted by molar-refractivity contribution is 7.92. The van der Waals surface area contributed by atoms with Gasteiger partial charge < -0.3 is 10.4 Å². The summed E-state index contributed by atoms with van der Waals surface area (Å²) in [5.74, 6) is -1.81. The Morgan fingerprint density at radius 2 is 1.32 bits per heavy atom. The first kappa shape index (κ1) is 27.9. The van der Waals surface area contributed by atoms with Crippen LogP contribution < -0.4 is 10.0 Å². The van der Waals surface area contributed by atoms with Crippen molar-refractivity contribution in [2.75, 3.05) is 4.72 Å². The van der Waals surface area contributed by atoms with Gasteiger partial charge in [0.25, 0.3) is 15.9 Å². The third kappa shape index (κ3) is 5.85. The highest BCUT2D eigenvalue weighted by atomic mass is 32.2. The lowest BCUT2D eigenvalue weighted by atomic mass is 9.95. The number of benzene rings is 3. The van der Waals surface area contributed by atoms with Crippen molar-refractivity contribution in [1.29, 1.82) is 0 Å². The molecule has 3 N–H and O–H groups in total. The minimum atomic E-state index is -3.83. The van der Waals surface area contributed by atoms with E-state index in [0.717, 1.165) is 38.9 Å². The van der Waals surface area contributed by atoms with E-state index in [4.69, 9.17) is 0 Å². The summed E-state index contributed by atoms with van der Waals surface area (Å²) in [6.07, 6.45) is 0. The Balaban J connectivity index is 1.86. The molecule has 0 unspecified atom stereocenters. The molecule has 0 aliphatic heterocycles. The normalized spacial score (nSPS) is 12.3. The number of anilines is 1. The molecule has 1 amide bonds. The summed E-state index contributed by atoms with van der Waals surface area (Å²) in [6, 6.07) is 12.8. The zero-order chi connectivity index (χ0) is 27.7. The van der Waals surface area contributed by atoms with Crippen molar-refractivity contribution in [3.8, 4) is 11.1 Å². The number of carboxylic acids is 1. The van der Waals surface area contributed by atoms with E-state index in [2.05, 4.69) is 10.0 Å². The molecule has 0 heterocycles. The molecule has 0 fully saturated rings. The van der Waals surface area contributed by atoms with E-state index in [0.29, 0.717) is 16.1 Å². The van der Waals surface area contributed by atoms with Crippen LogP contribution in [0.5, 0.6) is 0 Å². The predicted octanol–water partition coefficient (Wildman–Crippen LogP) is 5.54. The third-order valence-electron chi connectivity index (χ3n) is 7.01. The monoisotopic (exact) mass is 522 g/mol. The average molecular weight is 523 g/mol. The van der Waals surface area contributed by atoms with Crippen LogP contribution in [0.15, 0.2) is 53.4 Å². The first-order valence-corrected chi connectivity index (χ1v) is 13.6. The Hall–Kier alpha value is -3.65. The lowest BCUT2D eigenvalue weighted by Gasteiger charge is -2.19. The number of carbonyl (C=O) groups excluding carboxylic acids is 1. The van der Waals surface area contributed by atoms with Crippen LogP contribution in [0.3, 0.4) is 0 Å². The summed E-state index contributed by atoms with van der Waals surface area (Å²) in [5.41, 5.74) is 6.80. The van der Waals surface area contributed by atoms with Gasteiger partial charge in [-0.25, -0.2) is 13.2 Å². The molecule has 0 saturated heterocycles. The summed E-state index contributed by atoms with van der Waals surface area (Å²) < 4.78 is 29.6. The Labute approximate surface area is 219 Å². The number of hydrogen-bond acceptors (Lipinski definition) is 4. The molecule has 0 saturated carbocycles. The fourth-order valence-corrected chi connectivity index (χ4v) is 6.04. The quantitative estimate of drug-likeness (QED) is 0.360. The first-order valence-electron chi connectivity index (χ1n) is 12.1. The summed E-state index contributed by atoms with van der Waals surface area (Å²) in [4.78, 5) is 24.2. The molecule has 196 valence electrons. The molecular formula is C29H34N2O5S. The minimum absolute atomic E-state index is 0.257.